The van der Waals surface area contributed by atoms with Gasteiger partial charge in [-0.1, -0.05) is 18.2 Å². The van der Waals surface area contributed by atoms with Gasteiger partial charge < -0.3 is 15.4 Å². The second kappa shape index (κ2) is 8.94. The monoisotopic (exact) mass is 365 g/mol. The van der Waals surface area contributed by atoms with Crippen molar-refractivity contribution in [3.63, 3.8) is 0 Å². The third kappa shape index (κ3) is 4.78. The zero-order valence-corrected chi connectivity index (χ0v) is 15.1. The number of hydrogen-bond donors (Lipinski definition) is 1. The number of nitrogens with zero attached hydrogens (tertiary/aromatic N) is 4. The van der Waals surface area contributed by atoms with Crippen molar-refractivity contribution >= 4 is 18.3 Å². The highest BCUT2D eigenvalue weighted by molar-refractivity contribution is 5.85. The molecule has 2 N–H and O–H groups in total. The standard InChI is InChI=1S/C17H23N5O2.ClH/c1-21(17(23)16(18)13-7-9-24-10-8-13)12-14-11-19-22(20-14)15-5-3-2-4-6-15;/h2-6,11,13,16H,7-10,12,18H2,1H3;1H. The molecule has 0 saturated carbocycles. The lowest BCUT2D eigenvalue weighted by molar-refractivity contribution is -0.134. The van der Waals surface area contributed by atoms with E-state index < -0.39 is 6.04 Å². The predicted molar refractivity (Wildman–Crippen MR) is 96.6 cm³/mol. The maximum atomic E-state index is 12.5. The average Bonchev–Trinajstić information content (AvgIpc) is 3.10. The highest BCUT2D eigenvalue weighted by Gasteiger charge is 2.28. The van der Waals surface area contributed by atoms with Crippen LogP contribution in [0.25, 0.3) is 5.69 Å². The Morgan fingerprint density at radius 3 is 2.72 bits per heavy atom. The van der Waals surface area contributed by atoms with Gasteiger partial charge in [0.05, 0.1) is 24.5 Å². The lowest BCUT2D eigenvalue weighted by Crippen LogP contribution is -2.47. The van der Waals surface area contributed by atoms with Crippen molar-refractivity contribution in [3.05, 3.63) is 42.2 Å². The molecule has 2 aromatic rings. The van der Waals surface area contributed by atoms with Crippen LogP contribution in [0.4, 0.5) is 0 Å². The van der Waals surface area contributed by atoms with E-state index in [1.165, 1.54) is 0 Å². The summed E-state index contributed by atoms with van der Waals surface area (Å²) in [5.74, 6) is 0.130. The van der Waals surface area contributed by atoms with E-state index in [1.807, 2.05) is 30.3 Å². The smallest absolute Gasteiger partial charge is 0.239 e. The Morgan fingerprint density at radius 2 is 2.04 bits per heavy atom. The van der Waals surface area contributed by atoms with Gasteiger partial charge in [-0.2, -0.15) is 15.0 Å². The van der Waals surface area contributed by atoms with E-state index in [1.54, 1.807) is 22.9 Å². The van der Waals surface area contributed by atoms with Gasteiger partial charge in [-0.3, -0.25) is 4.79 Å². The molecule has 1 amide bonds. The summed E-state index contributed by atoms with van der Waals surface area (Å²) >= 11 is 0. The first-order chi connectivity index (χ1) is 11.6. The molecule has 1 aromatic carbocycles. The van der Waals surface area contributed by atoms with E-state index in [9.17, 15) is 4.79 Å². The molecule has 1 atom stereocenters. The fourth-order valence-corrected chi connectivity index (χ4v) is 2.90. The van der Waals surface area contributed by atoms with E-state index >= 15 is 0 Å². The van der Waals surface area contributed by atoms with Crippen molar-refractivity contribution < 1.29 is 9.53 Å². The Kier molecular flexibility index (Phi) is 6.92. The first kappa shape index (κ1) is 19.4. The fourth-order valence-electron chi connectivity index (χ4n) is 2.90. The molecule has 0 bridgehead atoms. The maximum Gasteiger partial charge on any atom is 0.239 e. The highest BCUT2D eigenvalue weighted by atomic mass is 35.5. The molecule has 0 spiro atoms. The largest absolute Gasteiger partial charge is 0.381 e. The van der Waals surface area contributed by atoms with Crippen LogP contribution in [0.3, 0.4) is 0 Å². The molecule has 1 aliphatic heterocycles. The van der Waals surface area contributed by atoms with Crippen molar-refractivity contribution in [1.29, 1.82) is 0 Å². The molecule has 0 radical (unpaired) electrons. The van der Waals surface area contributed by atoms with Crippen LogP contribution in [-0.4, -0.2) is 52.1 Å². The van der Waals surface area contributed by atoms with Crippen LogP contribution < -0.4 is 5.73 Å². The van der Waals surface area contributed by atoms with Crippen LogP contribution in [0.15, 0.2) is 36.5 Å². The van der Waals surface area contributed by atoms with Crippen molar-refractivity contribution in [2.24, 2.45) is 11.7 Å². The molecule has 1 fully saturated rings. The number of amides is 1. The number of hydrogen-bond acceptors (Lipinski definition) is 5. The normalized spacial score (nSPS) is 16.1. The third-order valence-corrected chi connectivity index (χ3v) is 4.36. The van der Waals surface area contributed by atoms with Gasteiger partial charge in [0.2, 0.25) is 5.91 Å². The lowest BCUT2D eigenvalue weighted by atomic mass is 9.91. The Balaban J connectivity index is 0.00000225. The minimum Gasteiger partial charge on any atom is -0.381 e. The van der Waals surface area contributed by atoms with Gasteiger partial charge in [0, 0.05) is 20.3 Å². The number of halogens is 1. The minimum atomic E-state index is -0.483. The van der Waals surface area contributed by atoms with E-state index in [0.29, 0.717) is 19.8 Å². The van der Waals surface area contributed by atoms with Crippen molar-refractivity contribution in [1.82, 2.24) is 19.9 Å². The molecule has 2 heterocycles. The third-order valence-electron chi connectivity index (χ3n) is 4.36. The molecule has 1 unspecified atom stereocenters. The van der Waals surface area contributed by atoms with E-state index in [0.717, 1.165) is 24.2 Å². The first-order valence-electron chi connectivity index (χ1n) is 8.20. The Hall–Kier alpha value is -1.96. The molecule has 3 rings (SSSR count). The molecule has 7 nitrogen and oxygen atoms in total. The van der Waals surface area contributed by atoms with Gasteiger partial charge in [0.25, 0.3) is 0 Å². The number of ether oxygens (including phenoxy) is 1. The summed E-state index contributed by atoms with van der Waals surface area (Å²) in [7, 11) is 1.75. The first-order valence-corrected chi connectivity index (χ1v) is 8.20. The number of benzene rings is 1. The van der Waals surface area contributed by atoms with Crippen LogP contribution in [0, 0.1) is 5.92 Å². The van der Waals surface area contributed by atoms with Crippen LogP contribution >= 0.6 is 12.4 Å². The molecule has 0 aliphatic carbocycles. The second-order valence-electron chi connectivity index (χ2n) is 6.13. The van der Waals surface area contributed by atoms with E-state index in [2.05, 4.69) is 10.2 Å². The Labute approximate surface area is 153 Å². The predicted octanol–water partition coefficient (Wildman–Crippen LogP) is 1.40. The van der Waals surface area contributed by atoms with Gasteiger partial charge in [-0.05, 0) is 30.9 Å². The van der Waals surface area contributed by atoms with E-state index in [-0.39, 0.29) is 24.2 Å². The summed E-state index contributed by atoms with van der Waals surface area (Å²) in [6, 6.07) is 9.18. The maximum absolute atomic E-state index is 12.5. The lowest BCUT2D eigenvalue weighted by Gasteiger charge is -2.29. The molecule has 136 valence electrons. The van der Waals surface area contributed by atoms with Gasteiger partial charge in [-0.15, -0.1) is 12.4 Å². The number of aromatic nitrogens is 3. The van der Waals surface area contributed by atoms with Crippen LogP contribution in [0.1, 0.15) is 18.5 Å². The Bertz CT molecular complexity index is 673. The van der Waals surface area contributed by atoms with Crippen molar-refractivity contribution in [2.75, 3.05) is 20.3 Å². The quantitative estimate of drug-likeness (QED) is 0.865. The van der Waals surface area contributed by atoms with Gasteiger partial charge in [0.1, 0.15) is 5.69 Å². The van der Waals surface area contributed by atoms with Gasteiger partial charge in [-0.25, -0.2) is 0 Å². The SMILES string of the molecule is CN(Cc1cnn(-c2ccccc2)n1)C(=O)C(N)C1CCOCC1.Cl. The van der Waals surface area contributed by atoms with Gasteiger partial charge >= 0.3 is 0 Å². The number of carbonyl (C=O) groups is 1. The molecule has 1 aromatic heterocycles. The highest BCUT2D eigenvalue weighted by Crippen LogP contribution is 2.19. The molecule has 1 aliphatic rings. The molecule has 1 saturated heterocycles. The second-order valence-corrected chi connectivity index (χ2v) is 6.13. The number of carbonyl (C=O) groups excluding carboxylic acids is 1. The number of nitrogens with two attached hydrogens (primary N) is 1. The number of rotatable bonds is 5. The number of para-hydroxylation sites is 1. The molecular weight excluding hydrogens is 342 g/mol. The summed E-state index contributed by atoms with van der Waals surface area (Å²) in [5.41, 5.74) is 7.77. The Morgan fingerprint density at radius 1 is 1.36 bits per heavy atom. The molecule has 25 heavy (non-hydrogen) atoms. The zero-order chi connectivity index (χ0) is 16.9. The summed E-state index contributed by atoms with van der Waals surface area (Å²) in [4.78, 5) is 15.7. The fraction of sp³-hybridized carbons (Fsp3) is 0.471. The van der Waals surface area contributed by atoms with Crippen LogP contribution in [-0.2, 0) is 16.1 Å². The summed E-state index contributed by atoms with van der Waals surface area (Å²) in [6.07, 6.45) is 3.35. The average molecular weight is 366 g/mol. The summed E-state index contributed by atoms with van der Waals surface area (Å²) < 4.78 is 5.33. The van der Waals surface area contributed by atoms with E-state index in [4.69, 9.17) is 10.5 Å². The minimum absolute atomic E-state index is 0. The van der Waals surface area contributed by atoms with Crippen molar-refractivity contribution in [3.8, 4) is 5.69 Å². The summed E-state index contributed by atoms with van der Waals surface area (Å²) in [5, 5.41) is 8.68. The van der Waals surface area contributed by atoms with Crippen molar-refractivity contribution in [2.45, 2.75) is 25.4 Å². The molecular formula is C17H24ClN5O2. The van der Waals surface area contributed by atoms with Gasteiger partial charge in [0.15, 0.2) is 0 Å². The topological polar surface area (TPSA) is 86.3 Å². The molecule has 8 heteroatoms. The zero-order valence-electron chi connectivity index (χ0n) is 14.2. The van der Waals surface area contributed by atoms with Crippen LogP contribution in [0.5, 0.6) is 0 Å². The number of likely N-dealkylation sites (N-methyl/N-ethyl adjacent to an activating group) is 1. The van der Waals surface area contributed by atoms with Crippen LogP contribution in [0.2, 0.25) is 0 Å². The summed E-state index contributed by atoms with van der Waals surface area (Å²) in [6.45, 7) is 1.75.